The van der Waals surface area contributed by atoms with Crippen LogP contribution in [0.5, 0.6) is 0 Å². The Hall–Kier alpha value is -1.95. The predicted octanol–water partition coefficient (Wildman–Crippen LogP) is 1.84. The van der Waals surface area contributed by atoms with Gasteiger partial charge in [-0.2, -0.15) is 0 Å². The smallest absolute Gasteiger partial charge is 0.235 e. The molecular weight excluding hydrogens is 248 g/mol. The van der Waals surface area contributed by atoms with Gasteiger partial charge in [0, 0.05) is 23.1 Å². The highest BCUT2D eigenvalue weighted by molar-refractivity contribution is 6.07. The second-order valence-corrected chi connectivity index (χ2v) is 4.75. The Balaban J connectivity index is 2.13. The van der Waals surface area contributed by atoms with Gasteiger partial charge in [0.15, 0.2) is 5.78 Å². The first kappa shape index (κ1) is 13.5. The van der Waals surface area contributed by atoms with Crippen LogP contribution in [0, 0.1) is 10.1 Å². The molecule has 2 unspecified atom stereocenters. The van der Waals surface area contributed by atoms with Crippen molar-refractivity contribution in [1.29, 1.82) is 0 Å². The maximum Gasteiger partial charge on any atom is 0.235 e. The number of hydrogen-bond acceptors (Lipinski definition) is 5. The van der Waals surface area contributed by atoms with Crippen molar-refractivity contribution in [1.82, 2.24) is 5.06 Å². The highest BCUT2D eigenvalue weighted by Crippen LogP contribution is 2.25. The summed E-state index contributed by atoms with van der Waals surface area (Å²) in [6.45, 7) is 0. The quantitative estimate of drug-likeness (QED) is 0.477. The molecule has 2 atom stereocenters. The highest BCUT2D eigenvalue weighted by atomic mass is 16.6. The number of ketones is 1. The Kier molecular flexibility index (Phi) is 4.11. The fourth-order valence-electron chi connectivity index (χ4n) is 2.47. The first-order valence-electron chi connectivity index (χ1n) is 6.31. The molecule has 0 aromatic rings. The lowest BCUT2D eigenvalue weighted by Crippen LogP contribution is -2.45. The minimum absolute atomic E-state index is 0.213. The lowest BCUT2D eigenvalue weighted by Gasteiger charge is -2.30. The van der Waals surface area contributed by atoms with E-state index in [0.717, 1.165) is 17.9 Å². The van der Waals surface area contributed by atoms with E-state index in [1.807, 2.05) is 0 Å². The average molecular weight is 264 g/mol. The molecule has 102 valence electrons. The van der Waals surface area contributed by atoms with Crippen molar-refractivity contribution in [3.63, 3.8) is 0 Å². The van der Waals surface area contributed by atoms with Crippen LogP contribution >= 0.6 is 0 Å². The van der Waals surface area contributed by atoms with Gasteiger partial charge in [0.05, 0.1) is 0 Å². The number of hydroxylamine groups is 2. The SMILES string of the molecule is O=C1C=CC=C/C1=C\N(O)C1CCCCC1[N+](=O)[O-]. The number of carbonyl (C=O) groups is 1. The van der Waals surface area contributed by atoms with Crippen molar-refractivity contribution < 1.29 is 14.9 Å². The monoisotopic (exact) mass is 264 g/mol. The molecule has 2 aliphatic carbocycles. The summed E-state index contributed by atoms with van der Waals surface area (Å²) in [5.41, 5.74) is 0.331. The number of nitro groups is 1. The summed E-state index contributed by atoms with van der Waals surface area (Å²) < 4.78 is 0. The van der Waals surface area contributed by atoms with E-state index in [9.17, 15) is 20.1 Å². The third-order valence-corrected chi connectivity index (χ3v) is 3.49. The van der Waals surface area contributed by atoms with Gasteiger partial charge >= 0.3 is 0 Å². The van der Waals surface area contributed by atoms with Gasteiger partial charge < -0.3 is 0 Å². The van der Waals surface area contributed by atoms with Gasteiger partial charge in [-0.1, -0.05) is 18.6 Å². The zero-order chi connectivity index (χ0) is 13.8. The molecule has 19 heavy (non-hydrogen) atoms. The molecule has 1 saturated carbocycles. The van der Waals surface area contributed by atoms with Crippen molar-refractivity contribution in [2.45, 2.75) is 37.8 Å². The minimum Gasteiger partial charge on any atom is -0.289 e. The summed E-state index contributed by atoms with van der Waals surface area (Å²) in [5, 5.41) is 21.8. The van der Waals surface area contributed by atoms with Crippen LogP contribution < -0.4 is 0 Å². The van der Waals surface area contributed by atoms with E-state index in [2.05, 4.69) is 0 Å². The van der Waals surface area contributed by atoms with E-state index in [4.69, 9.17) is 0 Å². The lowest BCUT2D eigenvalue weighted by atomic mass is 9.90. The van der Waals surface area contributed by atoms with Crippen LogP contribution in [-0.4, -0.2) is 33.1 Å². The number of carbonyl (C=O) groups excluding carboxylic acids is 1. The summed E-state index contributed by atoms with van der Waals surface area (Å²) >= 11 is 0. The molecule has 0 bridgehead atoms. The maximum atomic E-state index is 11.5. The van der Waals surface area contributed by atoms with Crippen molar-refractivity contribution in [3.05, 3.63) is 46.2 Å². The Bertz CT molecular complexity index is 467. The molecular formula is C13H16N2O4. The fraction of sp³-hybridized carbons (Fsp3) is 0.462. The summed E-state index contributed by atoms with van der Waals surface area (Å²) in [4.78, 5) is 22.2. The van der Waals surface area contributed by atoms with Gasteiger partial charge in [-0.25, -0.2) is 0 Å². The third-order valence-electron chi connectivity index (χ3n) is 3.49. The van der Waals surface area contributed by atoms with Crippen molar-refractivity contribution in [2.24, 2.45) is 0 Å². The van der Waals surface area contributed by atoms with E-state index < -0.39 is 12.1 Å². The van der Waals surface area contributed by atoms with E-state index in [-0.39, 0.29) is 10.7 Å². The Labute approximate surface area is 110 Å². The third kappa shape index (κ3) is 3.08. The first-order valence-corrected chi connectivity index (χ1v) is 6.31. The molecule has 0 aromatic heterocycles. The van der Waals surface area contributed by atoms with Crippen molar-refractivity contribution in [3.8, 4) is 0 Å². The molecule has 0 aliphatic heterocycles. The molecule has 0 spiro atoms. The van der Waals surface area contributed by atoms with Crippen LogP contribution in [-0.2, 0) is 4.79 Å². The molecule has 0 radical (unpaired) electrons. The van der Waals surface area contributed by atoms with Gasteiger partial charge in [0.2, 0.25) is 6.04 Å². The second kappa shape index (κ2) is 5.79. The molecule has 0 amide bonds. The van der Waals surface area contributed by atoms with E-state index >= 15 is 0 Å². The summed E-state index contributed by atoms with van der Waals surface area (Å²) in [6.07, 6.45) is 10.2. The maximum absolute atomic E-state index is 11.5. The molecule has 0 aromatic carbocycles. The van der Waals surface area contributed by atoms with E-state index in [1.54, 1.807) is 18.2 Å². The van der Waals surface area contributed by atoms with E-state index in [1.165, 1.54) is 12.3 Å². The van der Waals surface area contributed by atoms with Crippen LogP contribution in [0.15, 0.2) is 36.1 Å². The van der Waals surface area contributed by atoms with Crippen molar-refractivity contribution >= 4 is 5.78 Å². The van der Waals surface area contributed by atoms with Gasteiger partial charge in [0.25, 0.3) is 0 Å². The Morgan fingerprint density at radius 2 is 2.00 bits per heavy atom. The van der Waals surface area contributed by atoms with Crippen LogP contribution in [0.2, 0.25) is 0 Å². The second-order valence-electron chi connectivity index (χ2n) is 4.75. The van der Waals surface area contributed by atoms with Crippen LogP contribution in [0.3, 0.4) is 0 Å². The zero-order valence-corrected chi connectivity index (χ0v) is 10.4. The molecule has 0 saturated heterocycles. The average Bonchev–Trinajstić information content (AvgIpc) is 2.41. The summed E-state index contributed by atoms with van der Waals surface area (Å²) in [5.74, 6) is -0.213. The summed E-state index contributed by atoms with van der Waals surface area (Å²) in [7, 11) is 0. The number of rotatable bonds is 3. The Morgan fingerprint density at radius 3 is 2.68 bits per heavy atom. The first-order chi connectivity index (χ1) is 9.09. The van der Waals surface area contributed by atoms with Crippen LogP contribution in [0.25, 0.3) is 0 Å². The van der Waals surface area contributed by atoms with Crippen LogP contribution in [0.4, 0.5) is 0 Å². The van der Waals surface area contributed by atoms with Gasteiger partial charge in [0.1, 0.15) is 6.04 Å². The molecule has 2 rings (SSSR count). The standard InChI is InChI=1S/C13H16N2O4/c16-13-8-4-1-5-10(13)9-14(17)11-6-2-3-7-12(11)15(18)19/h1,4-5,8-9,11-12,17H,2-3,6-7H2/b10-9+. The highest BCUT2D eigenvalue weighted by Gasteiger charge is 2.37. The molecule has 6 heteroatoms. The molecule has 2 aliphatic rings. The topological polar surface area (TPSA) is 83.7 Å². The fourth-order valence-corrected chi connectivity index (χ4v) is 2.47. The van der Waals surface area contributed by atoms with Gasteiger partial charge in [-0.05, 0) is 25.0 Å². The predicted molar refractivity (Wildman–Crippen MR) is 68.0 cm³/mol. The normalized spacial score (nSPS) is 28.7. The van der Waals surface area contributed by atoms with Crippen LogP contribution in [0.1, 0.15) is 25.7 Å². The largest absolute Gasteiger partial charge is 0.289 e. The molecule has 6 nitrogen and oxygen atoms in total. The molecule has 0 heterocycles. The summed E-state index contributed by atoms with van der Waals surface area (Å²) in [6, 6.07) is -1.35. The molecule has 1 N–H and O–H groups in total. The van der Waals surface area contributed by atoms with Gasteiger partial charge in [-0.15, -0.1) is 0 Å². The molecule has 1 fully saturated rings. The Morgan fingerprint density at radius 1 is 1.32 bits per heavy atom. The van der Waals surface area contributed by atoms with E-state index in [0.29, 0.717) is 18.4 Å². The lowest BCUT2D eigenvalue weighted by molar-refractivity contribution is -0.537. The number of hydrogen-bond donors (Lipinski definition) is 1. The number of allylic oxidation sites excluding steroid dienone is 5. The van der Waals surface area contributed by atoms with Crippen molar-refractivity contribution in [2.75, 3.05) is 0 Å². The minimum atomic E-state index is -0.784. The zero-order valence-electron chi connectivity index (χ0n) is 10.4. The van der Waals surface area contributed by atoms with Gasteiger partial charge in [-0.3, -0.25) is 25.2 Å². The number of nitrogens with zero attached hydrogens (tertiary/aromatic N) is 2.